The fourth-order valence-corrected chi connectivity index (χ4v) is 3.24. The Bertz CT molecular complexity index is 296. The van der Waals surface area contributed by atoms with Gasteiger partial charge < -0.3 is 5.32 Å². The second kappa shape index (κ2) is 5.20. The average molecular weight is 240 g/mol. The zero-order chi connectivity index (χ0) is 10.6. The highest BCUT2D eigenvalue weighted by atomic mass is 32.2. The largest absolute Gasteiger partial charge is 0.315 e. The van der Waals surface area contributed by atoms with E-state index in [2.05, 4.69) is 10.0 Å². The van der Waals surface area contributed by atoms with Crippen molar-refractivity contribution in [1.29, 1.82) is 0 Å². The lowest BCUT2D eigenvalue weighted by Crippen LogP contribution is -2.37. The van der Waals surface area contributed by atoms with E-state index in [4.69, 9.17) is 0 Å². The molecule has 7 heteroatoms. The number of sulfonamides is 1. The third kappa shape index (κ3) is 3.64. The second-order valence-electron chi connectivity index (χ2n) is 3.33. The predicted molar refractivity (Wildman–Crippen MR) is 57.1 cm³/mol. The Morgan fingerprint density at radius 3 is 2.79 bits per heavy atom. The minimum Gasteiger partial charge on any atom is -0.315 e. The molecule has 2 atom stereocenters. The molecule has 2 N–H and O–H groups in total. The van der Waals surface area contributed by atoms with Gasteiger partial charge in [-0.3, -0.25) is 4.21 Å². The first-order valence-electron chi connectivity index (χ1n) is 4.51. The van der Waals surface area contributed by atoms with Crippen LogP contribution in [0.5, 0.6) is 0 Å². The highest BCUT2D eigenvalue weighted by Gasteiger charge is 2.27. The molecule has 0 aromatic carbocycles. The van der Waals surface area contributed by atoms with Gasteiger partial charge >= 0.3 is 0 Å². The van der Waals surface area contributed by atoms with Crippen LogP contribution in [0.15, 0.2) is 0 Å². The van der Waals surface area contributed by atoms with E-state index in [9.17, 15) is 12.6 Å². The van der Waals surface area contributed by atoms with E-state index < -0.39 is 20.8 Å². The minimum absolute atomic E-state index is 0.266. The zero-order valence-electron chi connectivity index (χ0n) is 8.15. The fourth-order valence-electron chi connectivity index (χ4n) is 1.34. The van der Waals surface area contributed by atoms with Crippen molar-refractivity contribution >= 4 is 20.8 Å². The molecule has 0 bridgehead atoms. The second-order valence-corrected chi connectivity index (χ2v) is 6.93. The molecule has 84 valence electrons. The Labute approximate surface area is 87.2 Å². The smallest absolute Gasteiger partial charge is 0.215 e. The summed E-state index contributed by atoms with van der Waals surface area (Å²) >= 11 is 0. The SMILES string of the molecule is CS(=O)CCNS(=O)(=O)C1CCNC1. The zero-order valence-corrected chi connectivity index (χ0v) is 9.79. The standard InChI is InChI=1S/C7H16N2O3S2/c1-13(10)5-4-9-14(11,12)7-2-3-8-6-7/h7-9H,2-6H2,1H3. The Hall–Kier alpha value is 0.0200. The van der Waals surface area contributed by atoms with Gasteiger partial charge in [-0.15, -0.1) is 0 Å². The first-order valence-corrected chi connectivity index (χ1v) is 7.79. The van der Waals surface area contributed by atoms with Crippen LogP contribution in [0.4, 0.5) is 0 Å². The molecular formula is C7H16N2O3S2. The topological polar surface area (TPSA) is 75.3 Å². The molecule has 1 aliphatic rings. The van der Waals surface area contributed by atoms with Crippen molar-refractivity contribution in [2.45, 2.75) is 11.7 Å². The third-order valence-corrected chi connectivity index (χ3v) is 4.81. The summed E-state index contributed by atoms with van der Waals surface area (Å²) < 4.78 is 36.3. The van der Waals surface area contributed by atoms with Gasteiger partial charge in [0, 0.05) is 35.9 Å². The van der Waals surface area contributed by atoms with Crippen molar-refractivity contribution in [2.75, 3.05) is 31.6 Å². The summed E-state index contributed by atoms with van der Waals surface area (Å²) in [6.45, 7) is 1.54. The minimum atomic E-state index is -3.20. The van der Waals surface area contributed by atoms with Gasteiger partial charge in [0.15, 0.2) is 0 Å². The number of nitrogens with one attached hydrogen (secondary N) is 2. The van der Waals surface area contributed by atoms with Crippen molar-refractivity contribution < 1.29 is 12.6 Å². The van der Waals surface area contributed by atoms with Crippen LogP contribution in [0.1, 0.15) is 6.42 Å². The van der Waals surface area contributed by atoms with E-state index in [0.29, 0.717) is 18.7 Å². The molecule has 1 rings (SSSR count). The van der Waals surface area contributed by atoms with Crippen LogP contribution >= 0.6 is 0 Å². The van der Waals surface area contributed by atoms with E-state index in [0.717, 1.165) is 6.54 Å². The summed E-state index contributed by atoms with van der Waals surface area (Å²) in [4.78, 5) is 0. The van der Waals surface area contributed by atoms with Crippen molar-refractivity contribution in [1.82, 2.24) is 10.0 Å². The first-order chi connectivity index (χ1) is 6.52. The van der Waals surface area contributed by atoms with Crippen LogP contribution in [0.2, 0.25) is 0 Å². The maximum atomic E-state index is 11.6. The number of hydrogen-bond donors (Lipinski definition) is 2. The molecule has 1 fully saturated rings. The van der Waals surface area contributed by atoms with E-state index in [1.54, 1.807) is 6.26 Å². The Morgan fingerprint density at radius 2 is 2.29 bits per heavy atom. The fraction of sp³-hybridized carbons (Fsp3) is 1.00. The molecule has 0 aromatic rings. The molecule has 14 heavy (non-hydrogen) atoms. The number of rotatable bonds is 5. The summed E-state index contributed by atoms with van der Waals surface area (Å²) in [6, 6.07) is 0. The van der Waals surface area contributed by atoms with Gasteiger partial charge in [0.25, 0.3) is 0 Å². The molecule has 1 aliphatic heterocycles. The van der Waals surface area contributed by atoms with Crippen LogP contribution < -0.4 is 10.0 Å². The van der Waals surface area contributed by atoms with E-state index in [1.165, 1.54) is 0 Å². The molecule has 0 aliphatic carbocycles. The highest BCUT2D eigenvalue weighted by Crippen LogP contribution is 2.07. The monoisotopic (exact) mass is 240 g/mol. The molecule has 0 spiro atoms. The molecule has 0 aromatic heterocycles. The highest BCUT2D eigenvalue weighted by molar-refractivity contribution is 7.90. The summed E-state index contributed by atoms with van der Waals surface area (Å²) in [5.41, 5.74) is 0. The third-order valence-electron chi connectivity index (χ3n) is 2.15. The quantitative estimate of drug-likeness (QED) is 0.623. The van der Waals surface area contributed by atoms with Crippen LogP contribution in [-0.4, -0.2) is 49.5 Å². The van der Waals surface area contributed by atoms with E-state index in [1.807, 2.05) is 0 Å². The van der Waals surface area contributed by atoms with Crippen LogP contribution in [-0.2, 0) is 20.8 Å². The summed E-state index contributed by atoms with van der Waals surface area (Å²) in [7, 11) is -4.15. The van der Waals surface area contributed by atoms with Crippen molar-refractivity contribution in [3.63, 3.8) is 0 Å². The lowest BCUT2D eigenvalue weighted by atomic mass is 10.4. The number of hydrogen-bond acceptors (Lipinski definition) is 4. The van der Waals surface area contributed by atoms with Gasteiger partial charge in [0.2, 0.25) is 10.0 Å². The molecular weight excluding hydrogens is 224 g/mol. The lowest BCUT2D eigenvalue weighted by Gasteiger charge is -2.10. The summed E-state index contributed by atoms with van der Waals surface area (Å²) in [6.07, 6.45) is 2.22. The molecule has 1 heterocycles. The van der Waals surface area contributed by atoms with Crippen molar-refractivity contribution in [2.24, 2.45) is 0 Å². The van der Waals surface area contributed by atoms with Gasteiger partial charge in [-0.25, -0.2) is 13.1 Å². The van der Waals surface area contributed by atoms with Crippen LogP contribution in [0.25, 0.3) is 0 Å². The Morgan fingerprint density at radius 1 is 1.57 bits per heavy atom. The Kier molecular flexibility index (Phi) is 4.49. The molecule has 5 nitrogen and oxygen atoms in total. The van der Waals surface area contributed by atoms with E-state index in [-0.39, 0.29) is 11.8 Å². The molecule has 0 amide bonds. The maximum absolute atomic E-state index is 11.6. The molecule has 0 saturated carbocycles. The molecule has 0 radical (unpaired) electrons. The Balaban J connectivity index is 2.37. The predicted octanol–water partition coefficient (Wildman–Crippen LogP) is -1.35. The average Bonchev–Trinajstić information content (AvgIpc) is 2.54. The summed E-state index contributed by atoms with van der Waals surface area (Å²) in [5, 5.41) is 2.67. The molecule has 2 unspecified atom stereocenters. The van der Waals surface area contributed by atoms with Gasteiger partial charge in [-0.1, -0.05) is 0 Å². The molecule has 1 saturated heterocycles. The maximum Gasteiger partial charge on any atom is 0.215 e. The normalized spacial score (nSPS) is 25.1. The van der Waals surface area contributed by atoms with Crippen LogP contribution in [0.3, 0.4) is 0 Å². The van der Waals surface area contributed by atoms with E-state index >= 15 is 0 Å². The lowest BCUT2D eigenvalue weighted by molar-refractivity contribution is 0.570. The van der Waals surface area contributed by atoms with Gasteiger partial charge in [0.1, 0.15) is 0 Å². The van der Waals surface area contributed by atoms with Crippen molar-refractivity contribution in [3.05, 3.63) is 0 Å². The first kappa shape index (κ1) is 12.1. The van der Waals surface area contributed by atoms with Gasteiger partial charge in [-0.05, 0) is 13.0 Å². The van der Waals surface area contributed by atoms with Gasteiger partial charge in [-0.2, -0.15) is 0 Å². The van der Waals surface area contributed by atoms with Gasteiger partial charge in [0.05, 0.1) is 5.25 Å². The van der Waals surface area contributed by atoms with Crippen LogP contribution in [0, 0.1) is 0 Å². The van der Waals surface area contributed by atoms with Crippen molar-refractivity contribution in [3.8, 4) is 0 Å². The summed E-state index contributed by atoms with van der Waals surface area (Å²) in [5.74, 6) is 0.374.